The Morgan fingerprint density at radius 2 is 1.72 bits per heavy atom. The van der Waals surface area contributed by atoms with Crippen molar-refractivity contribution in [1.29, 1.82) is 0 Å². The number of hydrogen-bond donors (Lipinski definition) is 1. The van der Waals surface area contributed by atoms with Crippen molar-refractivity contribution in [1.82, 2.24) is 9.88 Å². The van der Waals surface area contributed by atoms with Crippen LogP contribution in [0.2, 0.25) is 0 Å². The summed E-state index contributed by atoms with van der Waals surface area (Å²) < 4.78 is 10.4. The summed E-state index contributed by atoms with van der Waals surface area (Å²) in [6.45, 7) is 8.55. The molecule has 0 spiro atoms. The number of rotatable bonds is 8. The molecule has 1 aromatic heterocycles. The number of ether oxygens (including phenoxy) is 2. The minimum atomic E-state index is -0.350. The first kappa shape index (κ1) is 23.1. The summed E-state index contributed by atoms with van der Waals surface area (Å²) in [7, 11) is 1.63. The third-order valence-electron chi connectivity index (χ3n) is 5.45. The molecule has 0 fully saturated rings. The zero-order valence-electron chi connectivity index (χ0n) is 19.3. The number of methoxy groups -OCH3 is 1. The van der Waals surface area contributed by atoms with Gasteiger partial charge in [-0.1, -0.05) is 29.8 Å². The Kier molecular flexibility index (Phi) is 7.36. The number of aromatic nitrogens is 1. The third kappa shape index (κ3) is 5.19. The Hall–Kier alpha value is -3.54. The molecule has 1 amide bonds. The van der Waals surface area contributed by atoms with E-state index in [0.29, 0.717) is 30.8 Å². The first-order valence-electron chi connectivity index (χ1n) is 10.7. The highest BCUT2D eigenvalue weighted by Gasteiger charge is 2.23. The van der Waals surface area contributed by atoms with Gasteiger partial charge in [-0.25, -0.2) is 4.79 Å². The van der Waals surface area contributed by atoms with Crippen LogP contribution in [0.25, 0.3) is 0 Å². The monoisotopic (exact) mass is 434 g/mol. The summed E-state index contributed by atoms with van der Waals surface area (Å²) in [5, 5.41) is 0. The molecule has 2 aromatic carbocycles. The van der Waals surface area contributed by atoms with E-state index in [4.69, 9.17) is 9.47 Å². The van der Waals surface area contributed by atoms with Crippen molar-refractivity contribution in [3.63, 3.8) is 0 Å². The smallest absolute Gasteiger partial charge is 0.340 e. The fraction of sp³-hybridized carbons (Fsp3) is 0.308. The molecule has 0 radical (unpaired) electrons. The van der Waals surface area contributed by atoms with E-state index in [-0.39, 0.29) is 11.9 Å². The normalized spacial score (nSPS) is 10.7. The van der Waals surface area contributed by atoms with Gasteiger partial charge in [-0.2, -0.15) is 0 Å². The number of esters is 1. The average molecular weight is 435 g/mol. The highest BCUT2D eigenvalue weighted by atomic mass is 16.5. The van der Waals surface area contributed by atoms with Crippen molar-refractivity contribution < 1.29 is 19.1 Å². The number of nitrogens with one attached hydrogen (secondary N) is 1. The molecule has 1 N–H and O–H groups in total. The van der Waals surface area contributed by atoms with Crippen LogP contribution in [0.5, 0.6) is 5.75 Å². The molecule has 0 aliphatic carbocycles. The first-order chi connectivity index (χ1) is 15.3. The molecule has 0 atom stereocenters. The summed E-state index contributed by atoms with van der Waals surface area (Å²) in [4.78, 5) is 30.9. The van der Waals surface area contributed by atoms with E-state index in [0.717, 1.165) is 33.8 Å². The summed E-state index contributed by atoms with van der Waals surface area (Å²) in [5.41, 5.74) is 5.54. The Morgan fingerprint density at radius 3 is 2.34 bits per heavy atom. The van der Waals surface area contributed by atoms with Gasteiger partial charge in [-0.3, -0.25) is 4.79 Å². The maximum atomic E-state index is 13.5. The number of H-pyrrole nitrogens is 1. The molecule has 32 heavy (non-hydrogen) atoms. The van der Waals surface area contributed by atoms with Gasteiger partial charge >= 0.3 is 5.97 Å². The van der Waals surface area contributed by atoms with Crippen molar-refractivity contribution in [2.24, 2.45) is 0 Å². The van der Waals surface area contributed by atoms with E-state index in [1.54, 1.807) is 18.9 Å². The van der Waals surface area contributed by atoms with Crippen LogP contribution in [0, 0.1) is 20.8 Å². The largest absolute Gasteiger partial charge is 0.497 e. The minimum Gasteiger partial charge on any atom is -0.497 e. The van der Waals surface area contributed by atoms with Gasteiger partial charge in [-0.05, 0) is 63.1 Å². The van der Waals surface area contributed by atoms with E-state index in [1.165, 1.54) is 0 Å². The van der Waals surface area contributed by atoms with Crippen molar-refractivity contribution in [2.75, 3.05) is 13.7 Å². The highest BCUT2D eigenvalue weighted by Crippen LogP contribution is 2.23. The zero-order valence-corrected chi connectivity index (χ0v) is 19.3. The molecule has 168 valence electrons. The minimum absolute atomic E-state index is 0.0751. The maximum absolute atomic E-state index is 13.5. The SMILES string of the molecule is CCOC(=O)c1c(C)[nH]c(CN(Cc2ccc(OC)cc2)C(=O)c2cccc(C)c2)c1C. The Bertz CT molecular complexity index is 1100. The Morgan fingerprint density at radius 1 is 1.00 bits per heavy atom. The second kappa shape index (κ2) is 10.2. The van der Waals surface area contributed by atoms with Crippen molar-refractivity contribution >= 4 is 11.9 Å². The predicted octanol–water partition coefficient (Wildman–Crippen LogP) is 4.97. The van der Waals surface area contributed by atoms with Crippen LogP contribution in [0.3, 0.4) is 0 Å². The van der Waals surface area contributed by atoms with Crippen LogP contribution in [0.15, 0.2) is 48.5 Å². The van der Waals surface area contributed by atoms with Gasteiger partial charge in [0.25, 0.3) is 5.91 Å². The van der Waals surface area contributed by atoms with Gasteiger partial charge < -0.3 is 19.4 Å². The predicted molar refractivity (Wildman–Crippen MR) is 124 cm³/mol. The van der Waals surface area contributed by atoms with Crippen molar-refractivity contribution in [2.45, 2.75) is 40.8 Å². The summed E-state index contributed by atoms with van der Waals surface area (Å²) in [5.74, 6) is 0.339. The lowest BCUT2D eigenvalue weighted by atomic mass is 10.1. The zero-order chi connectivity index (χ0) is 23.3. The summed E-state index contributed by atoms with van der Waals surface area (Å²) in [6, 6.07) is 15.2. The van der Waals surface area contributed by atoms with Gasteiger partial charge in [0.2, 0.25) is 0 Å². The van der Waals surface area contributed by atoms with Gasteiger partial charge in [0.15, 0.2) is 0 Å². The number of hydrogen-bond acceptors (Lipinski definition) is 4. The molecule has 0 saturated carbocycles. The summed E-state index contributed by atoms with van der Waals surface area (Å²) in [6.07, 6.45) is 0. The molecule has 6 heteroatoms. The van der Waals surface area contributed by atoms with E-state index < -0.39 is 0 Å². The number of carbonyl (C=O) groups is 2. The Balaban J connectivity index is 1.94. The molecule has 0 saturated heterocycles. The number of aryl methyl sites for hydroxylation is 2. The van der Waals surface area contributed by atoms with Crippen molar-refractivity contribution in [3.05, 3.63) is 87.7 Å². The van der Waals surface area contributed by atoms with Crippen LogP contribution >= 0.6 is 0 Å². The molecule has 0 unspecified atom stereocenters. The van der Waals surface area contributed by atoms with Crippen LogP contribution < -0.4 is 4.74 Å². The second-order valence-electron chi connectivity index (χ2n) is 7.83. The quantitative estimate of drug-likeness (QED) is 0.508. The first-order valence-corrected chi connectivity index (χ1v) is 10.7. The van der Waals surface area contributed by atoms with Gasteiger partial charge in [0.1, 0.15) is 5.75 Å². The number of aromatic amines is 1. The maximum Gasteiger partial charge on any atom is 0.340 e. The van der Waals surface area contributed by atoms with E-state index in [9.17, 15) is 9.59 Å². The molecular weight excluding hydrogens is 404 g/mol. The topological polar surface area (TPSA) is 71.6 Å². The molecule has 3 aromatic rings. The lowest BCUT2D eigenvalue weighted by molar-refractivity contribution is 0.0525. The third-order valence-corrected chi connectivity index (χ3v) is 5.45. The number of amides is 1. The Labute approximate surface area is 189 Å². The van der Waals surface area contributed by atoms with Gasteiger partial charge in [-0.15, -0.1) is 0 Å². The number of carbonyl (C=O) groups excluding carboxylic acids is 2. The van der Waals surface area contributed by atoms with E-state index in [2.05, 4.69) is 4.98 Å². The fourth-order valence-electron chi connectivity index (χ4n) is 3.78. The van der Waals surface area contributed by atoms with Crippen molar-refractivity contribution in [3.8, 4) is 5.75 Å². The fourth-order valence-corrected chi connectivity index (χ4v) is 3.78. The molecule has 6 nitrogen and oxygen atoms in total. The standard InChI is InChI=1S/C26H30N2O4/c1-6-32-26(30)24-18(3)23(27-19(24)4)16-28(15-20-10-12-22(31-5)13-11-20)25(29)21-9-7-8-17(2)14-21/h7-14,27H,6,15-16H2,1-5H3. The van der Waals surface area contributed by atoms with Crippen LogP contribution in [0.1, 0.15) is 55.7 Å². The van der Waals surface area contributed by atoms with Gasteiger partial charge in [0, 0.05) is 23.5 Å². The molecule has 0 aliphatic heterocycles. The van der Waals surface area contributed by atoms with E-state index in [1.807, 2.05) is 69.3 Å². The lowest BCUT2D eigenvalue weighted by Crippen LogP contribution is -2.30. The number of benzene rings is 2. The van der Waals surface area contributed by atoms with E-state index >= 15 is 0 Å². The summed E-state index contributed by atoms with van der Waals surface area (Å²) >= 11 is 0. The second-order valence-corrected chi connectivity index (χ2v) is 7.83. The number of nitrogens with zero attached hydrogens (tertiary/aromatic N) is 1. The molecule has 3 rings (SSSR count). The van der Waals surface area contributed by atoms with Gasteiger partial charge in [0.05, 0.1) is 25.8 Å². The van der Waals surface area contributed by atoms with Crippen LogP contribution in [-0.2, 0) is 17.8 Å². The van der Waals surface area contributed by atoms with Crippen LogP contribution in [-0.4, -0.2) is 35.5 Å². The van der Waals surface area contributed by atoms with Crippen LogP contribution in [0.4, 0.5) is 0 Å². The highest BCUT2D eigenvalue weighted by molar-refractivity contribution is 5.95. The molecule has 0 aliphatic rings. The molecule has 1 heterocycles. The molecule has 0 bridgehead atoms. The molecular formula is C26H30N2O4. The lowest BCUT2D eigenvalue weighted by Gasteiger charge is -2.23. The average Bonchev–Trinajstić information content (AvgIpc) is 3.06.